The molecule has 1 aromatic heterocycles. The molecule has 0 bridgehead atoms. The second-order valence-corrected chi connectivity index (χ2v) is 5.34. The van der Waals surface area contributed by atoms with E-state index in [0.29, 0.717) is 13.0 Å². The smallest absolute Gasteiger partial charge is 0.221 e. The Morgan fingerprint density at radius 3 is 2.67 bits per heavy atom. The van der Waals surface area contributed by atoms with Crippen LogP contribution in [0.25, 0.3) is 0 Å². The number of amides is 1. The van der Waals surface area contributed by atoms with E-state index in [0.717, 1.165) is 30.8 Å². The van der Waals surface area contributed by atoms with Crippen molar-refractivity contribution < 1.29 is 4.79 Å². The van der Waals surface area contributed by atoms with Gasteiger partial charge in [-0.05, 0) is 38.3 Å². The van der Waals surface area contributed by atoms with Gasteiger partial charge in [0.15, 0.2) is 0 Å². The molecule has 1 N–H and O–H groups in total. The predicted octanol–water partition coefficient (Wildman–Crippen LogP) is 2.64. The van der Waals surface area contributed by atoms with Gasteiger partial charge in [0.25, 0.3) is 0 Å². The Labute approximate surface area is 126 Å². The largest absolute Gasteiger partial charge is 0.356 e. The summed E-state index contributed by atoms with van der Waals surface area (Å²) in [5.74, 6) is 0.0932. The molecule has 0 aliphatic rings. The Kier molecular flexibility index (Phi) is 5.55. The van der Waals surface area contributed by atoms with Crippen LogP contribution in [-0.2, 0) is 17.8 Å². The van der Waals surface area contributed by atoms with Crippen LogP contribution in [0.2, 0.25) is 0 Å². The minimum Gasteiger partial charge on any atom is -0.356 e. The van der Waals surface area contributed by atoms with E-state index in [-0.39, 0.29) is 5.91 Å². The molecule has 0 spiro atoms. The van der Waals surface area contributed by atoms with Crippen molar-refractivity contribution in [1.82, 2.24) is 15.1 Å². The predicted molar refractivity (Wildman–Crippen MR) is 84.1 cm³/mol. The van der Waals surface area contributed by atoms with E-state index in [2.05, 4.69) is 22.5 Å². The van der Waals surface area contributed by atoms with E-state index < -0.39 is 0 Å². The molecule has 0 saturated carbocycles. The van der Waals surface area contributed by atoms with Gasteiger partial charge in [-0.25, -0.2) is 0 Å². The monoisotopic (exact) mass is 285 g/mol. The Balaban J connectivity index is 1.63. The molecule has 1 heterocycles. The van der Waals surface area contributed by atoms with Crippen LogP contribution in [0.4, 0.5) is 0 Å². The molecule has 0 aliphatic carbocycles. The van der Waals surface area contributed by atoms with Crippen molar-refractivity contribution >= 4 is 5.91 Å². The fourth-order valence-corrected chi connectivity index (χ4v) is 2.36. The SMILES string of the molecule is Cc1cc(C)n(CCC(=O)NCCCc2ccccc2)n1. The number of nitrogens with zero attached hydrogens (tertiary/aromatic N) is 2. The minimum absolute atomic E-state index is 0.0932. The van der Waals surface area contributed by atoms with E-state index in [1.807, 2.05) is 42.8 Å². The van der Waals surface area contributed by atoms with Crippen molar-refractivity contribution in [1.29, 1.82) is 0 Å². The third-order valence-electron chi connectivity index (χ3n) is 3.46. The van der Waals surface area contributed by atoms with Gasteiger partial charge in [-0.3, -0.25) is 9.48 Å². The summed E-state index contributed by atoms with van der Waals surface area (Å²) in [4.78, 5) is 11.8. The lowest BCUT2D eigenvalue weighted by atomic mass is 10.1. The van der Waals surface area contributed by atoms with Crippen molar-refractivity contribution in [3.05, 3.63) is 53.3 Å². The molecule has 0 radical (unpaired) electrons. The van der Waals surface area contributed by atoms with Crippen LogP contribution >= 0.6 is 0 Å². The topological polar surface area (TPSA) is 46.9 Å². The third-order valence-corrected chi connectivity index (χ3v) is 3.46. The van der Waals surface area contributed by atoms with E-state index in [1.54, 1.807) is 0 Å². The maximum Gasteiger partial charge on any atom is 0.221 e. The number of benzene rings is 1. The average Bonchev–Trinajstić information content (AvgIpc) is 2.80. The van der Waals surface area contributed by atoms with E-state index in [4.69, 9.17) is 0 Å². The van der Waals surface area contributed by atoms with Gasteiger partial charge in [0.2, 0.25) is 5.91 Å². The highest BCUT2D eigenvalue weighted by molar-refractivity contribution is 5.75. The molecule has 1 amide bonds. The molecule has 21 heavy (non-hydrogen) atoms. The Bertz CT molecular complexity index is 575. The molecule has 4 heteroatoms. The first-order valence-electron chi connectivity index (χ1n) is 7.47. The van der Waals surface area contributed by atoms with E-state index in [1.165, 1.54) is 5.56 Å². The van der Waals surface area contributed by atoms with Gasteiger partial charge in [0, 0.05) is 25.2 Å². The molecule has 2 rings (SSSR count). The lowest BCUT2D eigenvalue weighted by Crippen LogP contribution is -2.26. The van der Waals surface area contributed by atoms with Gasteiger partial charge in [0.1, 0.15) is 0 Å². The van der Waals surface area contributed by atoms with Gasteiger partial charge in [-0.15, -0.1) is 0 Å². The Morgan fingerprint density at radius 2 is 2.00 bits per heavy atom. The zero-order valence-electron chi connectivity index (χ0n) is 12.8. The number of carbonyl (C=O) groups excluding carboxylic acids is 1. The summed E-state index contributed by atoms with van der Waals surface area (Å²) in [6.45, 7) is 5.35. The fraction of sp³-hybridized carbons (Fsp3) is 0.412. The Hall–Kier alpha value is -2.10. The summed E-state index contributed by atoms with van der Waals surface area (Å²) >= 11 is 0. The van der Waals surface area contributed by atoms with Gasteiger partial charge in [0.05, 0.1) is 5.69 Å². The number of hydrogen-bond acceptors (Lipinski definition) is 2. The maximum absolute atomic E-state index is 11.8. The first-order valence-corrected chi connectivity index (χ1v) is 7.47. The van der Waals surface area contributed by atoms with Crippen molar-refractivity contribution in [3.8, 4) is 0 Å². The standard InChI is InChI=1S/C17H23N3O/c1-14-13-15(2)20(19-14)12-10-17(21)18-11-6-9-16-7-4-3-5-8-16/h3-5,7-8,13H,6,9-12H2,1-2H3,(H,18,21). The second kappa shape index (κ2) is 7.62. The highest BCUT2D eigenvalue weighted by atomic mass is 16.1. The summed E-state index contributed by atoms with van der Waals surface area (Å²) in [5, 5.41) is 7.32. The zero-order chi connectivity index (χ0) is 15.1. The van der Waals surface area contributed by atoms with Crippen LogP contribution < -0.4 is 5.32 Å². The Morgan fingerprint density at radius 1 is 1.24 bits per heavy atom. The fourth-order valence-electron chi connectivity index (χ4n) is 2.36. The van der Waals surface area contributed by atoms with Gasteiger partial charge >= 0.3 is 0 Å². The average molecular weight is 285 g/mol. The molecule has 0 atom stereocenters. The minimum atomic E-state index is 0.0932. The van der Waals surface area contributed by atoms with Crippen LogP contribution in [0.3, 0.4) is 0 Å². The van der Waals surface area contributed by atoms with E-state index >= 15 is 0 Å². The molecule has 112 valence electrons. The van der Waals surface area contributed by atoms with Gasteiger partial charge in [-0.1, -0.05) is 30.3 Å². The molecule has 0 aliphatic heterocycles. The number of aromatic nitrogens is 2. The summed E-state index contributed by atoms with van der Waals surface area (Å²) in [7, 11) is 0. The molecule has 0 unspecified atom stereocenters. The summed E-state index contributed by atoms with van der Waals surface area (Å²) in [6, 6.07) is 12.4. The van der Waals surface area contributed by atoms with Crippen LogP contribution in [-0.4, -0.2) is 22.2 Å². The van der Waals surface area contributed by atoms with Gasteiger partial charge < -0.3 is 5.32 Å². The van der Waals surface area contributed by atoms with E-state index in [9.17, 15) is 4.79 Å². The number of hydrogen-bond donors (Lipinski definition) is 1. The highest BCUT2D eigenvalue weighted by Crippen LogP contribution is 2.03. The normalized spacial score (nSPS) is 10.6. The molecule has 2 aromatic rings. The number of aryl methyl sites for hydroxylation is 4. The first kappa shape index (κ1) is 15.3. The zero-order valence-corrected chi connectivity index (χ0v) is 12.8. The summed E-state index contributed by atoms with van der Waals surface area (Å²) in [6.07, 6.45) is 2.45. The van der Waals surface area contributed by atoms with Crippen LogP contribution in [0.1, 0.15) is 29.8 Å². The van der Waals surface area contributed by atoms with Crippen molar-refractivity contribution in [2.75, 3.05) is 6.54 Å². The van der Waals surface area contributed by atoms with Crippen LogP contribution in [0.5, 0.6) is 0 Å². The lowest BCUT2D eigenvalue weighted by molar-refractivity contribution is -0.121. The second-order valence-electron chi connectivity index (χ2n) is 5.34. The van der Waals surface area contributed by atoms with Crippen molar-refractivity contribution in [2.24, 2.45) is 0 Å². The van der Waals surface area contributed by atoms with Crippen molar-refractivity contribution in [3.63, 3.8) is 0 Å². The maximum atomic E-state index is 11.8. The molecule has 4 nitrogen and oxygen atoms in total. The quantitative estimate of drug-likeness (QED) is 0.795. The molecular weight excluding hydrogens is 262 g/mol. The lowest BCUT2D eigenvalue weighted by Gasteiger charge is -2.07. The van der Waals surface area contributed by atoms with Gasteiger partial charge in [-0.2, -0.15) is 5.10 Å². The van der Waals surface area contributed by atoms with Crippen molar-refractivity contribution in [2.45, 2.75) is 39.7 Å². The molecular formula is C17H23N3O. The number of carbonyl (C=O) groups is 1. The van der Waals surface area contributed by atoms with Crippen LogP contribution in [0, 0.1) is 13.8 Å². The number of rotatable bonds is 7. The summed E-state index contributed by atoms with van der Waals surface area (Å²) in [5.41, 5.74) is 3.41. The third kappa shape index (κ3) is 5.06. The molecule has 1 aromatic carbocycles. The van der Waals surface area contributed by atoms with Crippen LogP contribution in [0.15, 0.2) is 36.4 Å². The summed E-state index contributed by atoms with van der Waals surface area (Å²) < 4.78 is 1.89. The number of nitrogens with one attached hydrogen (secondary N) is 1. The molecule has 0 fully saturated rings. The molecule has 0 saturated heterocycles. The highest BCUT2D eigenvalue weighted by Gasteiger charge is 2.04. The first-order chi connectivity index (χ1) is 10.1.